The summed E-state index contributed by atoms with van der Waals surface area (Å²) >= 11 is 8.37. The van der Waals surface area contributed by atoms with Crippen molar-refractivity contribution < 1.29 is 9.90 Å². The van der Waals surface area contributed by atoms with Crippen LogP contribution in [-0.4, -0.2) is 22.5 Å². The van der Waals surface area contributed by atoms with Gasteiger partial charge in [-0.25, -0.2) is 4.98 Å². The predicted octanol–water partition coefficient (Wildman–Crippen LogP) is 2.63. The third-order valence-corrected chi connectivity index (χ3v) is 4.59. The number of aromatic nitrogens is 1. The third kappa shape index (κ3) is 3.08. The number of carbonyl (C=O) groups is 1. The molecule has 2 aromatic heterocycles. The van der Waals surface area contributed by atoms with E-state index >= 15 is 0 Å². The summed E-state index contributed by atoms with van der Waals surface area (Å²) < 4.78 is 0.619. The molecule has 7 heteroatoms. The lowest BCUT2D eigenvalue weighted by Crippen LogP contribution is -2.27. The Morgan fingerprint density at radius 2 is 2.39 bits per heavy atom. The van der Waals surface area contributed by atoms with E-state index in [1.807, 2.05) is 0 Å². The zero-order chi connectivity index (χ0) is 13.1. The molecular weight excluding hydrogens is 292 g/mol. The van der Waals surface area contributed by atoms with E-state index in [1.54, 1.807) is 24.6 Å². The van der Waals surface area contributed by atoms with Gasteiger partial charge in [0.15, 0.2) is 0 Å². The molecule has 1 unspecified atom stereocenters. The number of hydrogen-bond acceptors (Lipinski definition) is 5. The van der Waals surface area contributed by atoms with Crippen LogP contribution < -0.4 is 5.32 Å². The first kappa shape index (κ1) is 13.5. The molecule has 2 heterocycles. The fraction of sp³-hybridized carbons (Fsp3) is 0.273. The average molecular weight is 303 g/mol. The topological polar surface area (TPSA) is 62.2 Å². The minimum Gasteiger partial charge on any atom is -0.386 e. The number of nitrogens with one attached hydrogen (secondary N) is 1. The first-order valence-electron chi connectivity index (χ1n) is 5.19. The van der Waals surface area contributed by atoms with E-state index in [0.717, 1.165) is 4.88 Å². The molecule has 2 aromatic rings. The second kappa shape index (κ2) is 5.79. The van der Waals surface area contributed by atoms with Crippen LogP contribution in [0, 0.1) is 6.92 Å². The van der Waals surface area contributed by atoms with Gasteiger partial charge in [0.1, 0.15) is 11.0 Å². The Bertz CT molecular complexity index is 553. The maximum atomic E-state index is 11.8. The summed E-state index contributed by atoms with van der Waals surface area (Å²) in [7, 11) is 0. The van der Waals surface area contributed by atoms with Gasteiger partial charge < -0.3 is 10.4 Å². The number of nitrogens with zero attached hydrogens (tertiary/aromatic N) is 1. The Hall–Kier alpha value is -0.950. The molecule has 0 fully saturated rings. The molecule has 0 radical (unpaired) electrons. The van der Waals surface area contributed by atoms with Crippen molar-refractivity contribution in [2.75, 3.05) is 6.54 Å². The summed E-state index contributed by atoms with van der Waals surface area (Å²) in [5, 5.41) is 12.6. The van der Waals surface area contributed by atoms with Crippen molar-refractivity contribution in [3.05, 3.63) is 37.4 Å². The quantitative estimate of drug-likeness (QED) is 0.912. The lowest BCUT2D eigenvalue weighted by Gasteiger charge is -2.09. The molecule has 4 nitrogen and oxygen atoms in total. The summed E-state index contributed by atoms with van der Waals surface area (Å²) in [6.07, 6.45) is -0.736. The SMILES string of the molecule is Cc1ncsc1C(=O)NCC(O)c1ccc(Cl)s1. The third-order valence-electron chi connectivity index (χ3n) is 2.33. The van der Waals surface area contributed by atoms with Crippen LogP contribution >= 0.6 is 34.3 Å². The average Bonchev–Trinajstić information content (AvgIpc) is 2.94. The van der Waals surface area contributed by atoms with E-state index < -0.39 is 6.10 Å². The summed E-state index contributed by atoms with van der Waals surface area (Å²) in [5.41, 5.74) is 2.32. The number of amides is 1. The van der Waals surface area contributed by atoms with E-state index in [0.29, 0.717) is 14.9 Å². The maximum absolute atomic E-state index is 11.8. The Morgan fingerprint density at radius 3 is 2.94 bits per heavy atom. The van der Waals surface area contributed by atoms with Crippen molar-refractivity contribution in [3.63, 3.8) is 0 Å². The van der Waals surface area contributed by atoms with Gasteiger partial charge in [0.2, 0.25) is 0 Å². The summed E-state index contributed by atoms with van der Waals surface area (Å²) in [6, 6.07) is 3.47. The van der Waals surface area contributed by atoms with Gasteiger partial charge in [0, 0.05) is 11.4 Å². The van der Waals surface area contributed by atoms with Gasteiger partial charge in [-0.15, -0.1) is 22.7 Å². The van der Waals surface area contributed by atoms with Crippen LogP contribution in [-0.2, 0) is 0 Å². The van der Waals surface area contributed by atoms with Crippen molar-refractivity contribution in [3.8, 4) is 0 Å². The van der Waals surface area contributed by atoms with Gasteiger partial charge in [0.25, 0.3) is 5.91 Å². The van der Waals surface area contributed by atoms with Crippen LogP contribution in [0.1, 0.15) is 26.3 Å². The summed E-state index contributed by atoms with van der Waals surface area (Å²) in [6.45, 7) is 1.94. The van der Waals surface area contributed by atoms with Gasteiger partial charge in [-0.1, -0.05) is 11.6 Å². The predicted molar refractivity (Wildman–Crippen MR) is 73.5 cm³/mol. The van der Waals surface area contributed by atoms with Crippen LogP contribution in [0.5, 0.6) is 0 Å². The number of thiophene rings is 1. The summed E-state index contributed by atoms with van der Waals surface area (Å²) in [4.78, 5) is 17.1. The number of carbonyl (C=O) groups excluding carboxylic acids is 1. The molecule has 1 atom stereocenters. The number of thiazole rings is 1. The largest absolute Gasteiger partial charge is 0.386 e. The minimum absolute atomic E-state index is 0.160. The molecule has 0 spiro atoms. The fourth-order valence-corrected chi connectivity index (χ4v) is 3.16. The number of aliphatic hydroxyl groups is 1. The molecule has 0 aliphatic heterocycles. The van der Waals surface area contributed by atoms with Crippen molar-refractivity contribution in [2.45, 2.75) is 13.0 Å². The van der Waals surface area contributed by atoms with E-state index in [9.17, 15) is 9.90 Å². The number of rotatable bonds is 4. The smallest absolute Gasteiger partial charge is 0.263 e. The summed E-state index contributed by atoms with van der Waals surface area (Å²) in [5.74, 6) is -0.211. The number of aryl methyl sites for hydroxylation is 1. The fourth-order valence-electron chi connectivity index (χ4n) is 1.40. The standard InChI is InChI=1S/C11H11ClN2O2S2/c1-6-10(17-5-14-6)11(16)13-4-7(15)8-2-3-9(12)18-8/h2-3,5,7,15H,4H2,1H3,(H,13,16). The lowest BCUT2D eigenvalue weighted by molar-refractivity contribution is 0.0921. The van der Waals surface area contributed by atoms with Crippen molar-refractivity contribution in [1.82, 2.24) is 10.3 Å². The molecule has 0 aromatic carbocycles. The van der Waals surface area contributed by atoms with Crippen molar-refractivity contribution in [1.29, 1.82) is 0 Å². The van der Waals surface area contributed by atoms with Gasteiger partial charge in [-0.2, -0.15) is 0 Å². The Morgan fingerprint density at radius 1 is 1.61 bits per heavy atom. The molecule has 1 amide bonds. The Kier molecular flexibility index (Phi) is 4.34. The molecule has 0 aliphatic rings. The van der Waals surface area contributed by atoms with Gasteiger partial charge in [-0.3, -0.25) is 4.79 Å². The zero-order valence-electron chi connectivity index (χ0n) is 9.51. The number of halogens is 1. The van der Waals surface area contributed by atoms with E-state index in [-0.39, 0.29) is 12.5 Å². The monoisotopic (exact) mass is 302 g/mol. The minimum atomic E-state index is -0.736. The van der Waals surface area contributed by atoms with Gasteiger partial charge in [0.05, 0.1) is 15.5 Å². The maximum Gasteiger partial charge on any atom is 0.263 e. The second-order valence-electron chi connectivity index (χ2n) is 3.63. The van der Waals surface area contributed by atoms with Crippen LogP contribution in [0.3, 0.4) is 0 Å². The molecular formula is C11H11ClN2O2S2. The molecule has 0 saturated heterocycles. The first-order valence-corrected chi connectivity index (χ1v) is 7.27. The Labute approximate surface area is 117 Å². The molecule has 0 bridgehead atoms. The van der Waals surface area contributed by atoms with Gasteiger partial charge in [-0.05, 0) is 19.1 Å². The highest BCUT2D eigenvalue weighted by Gasteiger charge is 2.15. The normalized spacial score (nSPS) is 12.4. The van der Waals surface area contributed by atoms with Crippen LogP contribution in [0.15, 0.2) is 17.6 Å². The molecule has 0 aliphatic carbocycles. The van der Waals surface area contributed by atoms with E-state index in [1.165, 1.54) is 22.7 Å². The van der Waals surface area contributed by atoms with Crippen molar-refractivity contribution >= 4 is 40.2 Å². The highest BCUT2D eigenvalue weighted by Crippen LogP contribution is 2.26. The van der Waals surface area contributed by atoms with Crippen LogP contribution in [0.25, 0.3) is 0 Å². The van der Waals surface area contributed by atoms with E-state index in [2.05, 4.69) is 10.3 Å². The number of aliphatic hydroxyl groups excluding tert-OH is 1. The molecule has 18 heavy (non-hydrogen) atoms. The lowest BCUT2D eigenvalue weighted by atomic mass is 10.3. The van der Waals surface area contributed by atoms with Gasteiger partial charge >= 0.3 is 0 Å². The highest BCUT2D eigenvalue weighted by molar-refractivity contribution is 7.16. The molecule has 0 saturated carbocycles. The second-order valence-corrected chi connectivity index (χ2v) is 6.24. The van der Waals surface area contributed by atoms with Crippen molar-refractivity contribution in [2.24, 2.45) is 0 Å². The van der Waals surface area contributed by atoms with Crippen LogP contribution in [0.2, 0.25) is 4.34 Å². The van der Waals surface area contributed by atoms with Crippen LogP contribution in [0.4, 0.5) is 0 Å². The number of hydrogen-bond donors (Lipinski definition) is 2. The molecule has 2 rings (SSSR count). The Balaban J connectivity index is 1.92. The highest BCUT2D eigenvalue weighted by atomic mass is 35.5. The zero-order valence-corrected chi connectivity index (χ0v) is 11.9. The van der Waals surface area contributed by atoms with E-state index in [4.69, 9.17) is 11.6 Å². The first-order chi connectivity index (χ1) is 8.58. The molecule has 2 N–H and O–H groups in total. The molecule has 96 valence electrons.